The third-order valence-corrected chi connectivity index (χ3v) is 4.23. The second kappa shape index (κ2) is 5.94. The van der Waals surface area contributed by atoms with E-state index in [4.69, 9.17) is 5.73 Å². The van der Waals surface area contributed by atoms with E-state index in [-0.39, 0.29) is 17.4 Å². The quantitative estimate of drug-likeness (QED) is 0.905. The van der Waals surface area contributed by atoms with Crippen LogP contribution < -0.4 is 5.73 Å². The smallest absolute Gasteiger partial charge is 0.244 e. The van der Waals surface area contributed by atoms with Gasteiger partial charge in [-0.3, -0.25) is 9.69 Å². The van der Waals surface area contributed by atoms with Gasteiger partial charge < -0.3 is 10.6 Å². The lowest BCUT2D eigenvalue weighted by atomic mass is 9.90. The zero-order chi connectivity index (χ0) is 14.8. The highest BCUT2D eigenvalue weighted by molar-refractivity contribution is 5.83. The van der Waals surface area contributed by atoms with Crippen molar-refractivity contribution in [3.63, 3.8) is 0 Å². The molecule has 1 heterocycles. The summed E-state index contributed by atoms with van der Waals surface area (Å²) < 4.78 is 0. The van der Waals surface area contributed by atoms with Gasteiger partial charge in [-0.25, -0.2) is 0 Å². The molecule has 20 heavy (non-hydrogen) atoms. The molecule has 1 aliphatic rings. The van der Waals surface area contributed by atoms with Gasteiger partial charge in [-0.15, -0.1) is 0 Å². The Kier molecular flexibility index (Phi) is 4.45. The molecular formula is C16H25N3O. The van der Waals surface area contributed by atoms with Crippen molar-refractivity contribution in [2.45, 2.75) is 19.4 Å². The maximum atomic E-state index is 12.8. The van der Waals surface area contributed by atoms with Crippen LogP contribution in [0.15, 0.2) is 30.3 Å². The Bertz CT molecular complexity index is 460. The van der Waals surface area contributed by atoms with Crippen LogP contribution in [0.25, 0.3) is 0 Å². The molecule has 1 aliphatic heterocycles. The average molecular weight is 275 g/mol. The van der Waals surface area contributed by atoms with Crippen molar-refractivity contribution >= 4 is 5.91 Å². The Balaban J connectivity index is 2.17. The SMILES string of the molecule is CN(C)C(C(=O)N1CCC(C)(CN)C1)c1ccccc1. The molecule has 1 fully saturated rings. The van der Waals surface area contributed by atoms with Crippen LogP contribution in [0, 0.1) is 5.41 Å². The van der Waals surface area contributed by atoms with Gasteiger partial charge in [0.1, 0.15) is 6.04 Å². The molecule has 4 nitrogen and oxygen atoms in total. The summed E-state index contributed by atoms with van der Waals surface area (Å²) in [4.78, 5) is 16.8. The van der Waals surface area contributed by atoms with Gasteiger partial charge in [-0.1, -0.05) is 37.3 Å². The first-order chi connectivity index (χ1) is 9.47. The number of hydrogen-bond acceptors (Lipinski definition) is 3. The van der Waals surface area contributed by atoms with Crippen molar-refractivity contribution in [2.24, 2.45) is 11.1 Å². The summed E-state index contributed by atoms with van der Waals surface area (Å²) in [6.07, 6.45) is 0.990. The second-order valence-electron chi connectivity index (χ2n) is 6.30. The lowest BCUT2D eigenvalue weighted by Gasteiger charge is -2.29. The van der Waals surface area contributed by atoms with Gasteiger partial charge in [0.15, 0.2) is 0 Å². The summed E-state index contributed by atoms with van der Waals surface area (Å²) in [5, 5.41) is 0. The van der Waals surface area contributed by atoms with Crippen LogP contribution in [0.4, 0.5) is 0 Å². The Morgan fingerprint density at radius 3 is 2.55 bits per heavy atom. The summed E-state index contributed by atoms with van der Waals surface area (Å²) in [5.41, 5.74) is 6.95. The lowest BCUT2D eigenvalue weighted by molar-refractivity contribution is -0.135. The molecule has 2 atom stereocenters. The van der Waals surface area contributed by atoms with Crippen LogP contribution in [0.3, 0.4) is 0 Å². The number of hydrogen-bond donors (Lipinski definition) is 1. The largest absolute Gasteiger partial charge is 0.340 e. The van der Waals surface area contributed by atoms with Gasteiger partial charge in [-0.05, 0) is 38.0 Å². The molecule has 1 amide bonds. The first kappa shape index (κ1) is 15.0. The fourth-order valence-corrected chi connectivity index (χ4v) is 2.85. The number of nitrogens with two attached hydrogens (primary N) is 1. The zero-order valence-electron chi connectivity index (χ0n) is 12.7. The Morgan fingerprint density at radius 1 is 1.40 bits per heavy atom. The number of carbonyl (C=O) groups is 1. The molecule has 0 saturated carbocycles. The second-order valence-corrected chi connectivity index (χ2v) is 6.30. The van der Waals surface area contributed by atoms with E-state index in [2.05, 4.69) is 6.92 Å². The standard InChI is InChI=1S/C16H25N3O/c1-16(11-17)9-10-19(12-16)15(20)14(18(2)3)13-7-5-4-6-8-13/h4-8,14H,9-12,17H2,1-3H3. The zero-order valence-corrected chi connectivity index (χ0v) is 12.7. The first-order valence-corrected chi connectivity index (χ1v) is 7.17. The predicted molar refractivity (Wildman–Crippen MR) is 81.2 cm³/mol. The highest BCUT2D eigenvalue weighted by Gasteiger charge is 2.38. The highest BCUT2D eigenvalue weighted by Crippen LogP contribution is 2.31. The van der Waals surface area contributed by atoms with E-state index in [9.17, 15) is 4.79 Å². The fraction of sp³-hybridized carbons (Fsp3) is 0.562. The van der Waals surface area contributed by atoms with Crippen molar-refractivity contribution in [2.75, 3.05) is 33.7 Å². The van der Waals surface area contributed by atoms with Crippen LogP contribution >= 0.6 is 0 Å². The number of amides is 1. The molecule has 0 aromatic heterocycles. The van der Waals surface area contributed by atoms with Crippen LogP contribution in [-0.4, -0.2) is 49.4 Å². The van der Waals surface area contributed by atoms with Gasteiger partial charge in [-0.2, -0.15) is 0 Å². The van der Waals surface area contributed by atoms with E-state index in [1.165, 1.54) is 0 Å². The summed E-state index contributed by atoms with van der Waals surface area (Å²) in [5.74, 6) is 0.179. The van der Waals surface area contributed by atoms with Gasteiger partial charge in [0, 0.05) is 13.1 Å². The summed E-state index contributed by atoms with van der Waals surface area (Å²) in [7, 11) is 3.90. The van der Waals surface area contributed by atoms with Crippen molar-refractivity contribution in [3.05, 3.63) is 35.9 Å². The van der Waals surface area contributed by atoms with Gasteiger partial charge in [0.25, 0.3) is 0 Å². The summed E-state index contributed by atoms with van der Waals surface area (Å²) in [6, 6.07) is 9.75. The average Bonchev–Trinajstić information content (AvgIpc) is 2.83. The van der Waals surface area contributed by atoms with Crippen LogP contribution in [0.1, 0.15) is 24.9 Å². The monoisotopic (exact) mass is 275 g/mol. The fourth-order valence-electron chi connectivity index (χ4n) is 2.85. The minimum absolute atomic E-state index is 0.0726. The van der Waals surface area contributed by atoms with Gasteiger partial charge in [0.05, 0.1) is 0 Å². The molecule has 110 valence electrons. The summed E-state index contributed by atoms with van der Waals surface area (Å²) in [6.45, 7) is 4.37. The minimum Gasteiger partial charge on any atom is -0.340 e. The number of benzene rings is 1. The molecule has 4 heteroatoms. The summed E-state index contributed by atoms with van der Waals surface area (Å²) >= 11 is 0. The van der Waals surface area contributed by atoms with Crippen LogP contribution in [-0.2, 0) is 4.79 Å². The molecule has 2 unspecified atom stereocenters. The molecule has 0 spiro atoms. The van der Waals surface area contributed by atoms with Crippen molar-refractivity contribution in [1.29, 1.82) is 0 Å². The Hall–Kier alpha value is -1.39. The topological polar surface area (TPSA) is 49.6 Å². The first-order valence-electron chi connectivity index (χ1n) is 7.17. The van der Waals surface area contributed by atoms with Gasteiger partial charge >= 0.3 is 0 Å². The van der Waals surface area contributed by atoms with E-state index in [0.29, 0.717) is 6.54 Å². The Morgan fingerprint density at radius 2 is 2.05 bits per heavy atom. The van der Waals surface area contributed by atoms with E-state index >= 15 is 0 Å². The van der Waals surface area contributed by atoms with Gasteiger partial charge in [0.2, 0.25) is 5.91 Å². The van der Waals surface area contributed by atoms with Crippen LogP contribution in [0.2, 0.25) is 0 Å². The maximum Gasteiger partial charge on any atom is 0.244 e. The molecule has 2 N–H and O–H groups in total. The highest BCUT2D eigenvalue weighted by atomic mass is 16.2. The Labute approximate surface area is 121 Å². The van der Waals surface area contributed by atoms with Crippen LogP contribution in [0.5, 0.6) is 0 Å². The number of nitrogens with zero attached hydrogens (tertiary/aromatic N) is 2. The molecule has 1 aromatic carbocycles. The predicted octanol–water partition coefficient (Wildman–Crippen LogP) is 1.49. The van der Waals surface area contributed by atoms with E-state index in [1.54, 1.807) is 0 Å². The molecule has 1 saturated heterocycles. The molecule has 1 aromatic rings. The minimum atomic E-state index is -0.212. The normalized spacial score (nSPS) is 24.1. The van der Waals surface area contributed by atoms with E-state index in [0.717, 1.165) is 25.1 Å². The molecule has 0 radical (unpaired) electrons. The molecule has 0 aliphatic carbocycles. The van der Waals surface area contributed by atoms with Crippen molar-refractivity contribution in [1.82, 2.24) is 9.80 Å². The third kappa shape index (κ3) is 3.02. The molecular weight excluding hydrogens is 250 g/mol. The van der Waals surface area contributed by atoms with Crippen molar-refractivity contribution in [3.8, 4) is 0 Å². The molecule has 2 rings (SSSR count). The molecule has 0 bridgehead atoms. The van der Waals surface area contributed by atoms with E-state index < -0.39 is 0 Å². The lowest BCUT2D eigenvalue weighted by Crippen LogP contribution is -2.41. The maximum absolute atomic E-state index is 12.8. The number of likely N-dealkylation sites (tertiary alicyclic amines) is 1. The van der Waals surface area contributed by atoms with E-state index in [1.807, 2.05) is 54.2 Å². The number of carbonyl (C=O) groups excluding carboxylic acids is 1. The number of likely N-dealkylation sites (N-methyl/N-ethyl adjacent to an activating group) is 1. The van der Waals surface area contributed by atoms with Crippen molar-refractivity contribution < 1.29 is 4.79 Å². The third-order valence-electron chi connectivity index (χ3n) is 4.23. The number of rotatable bonds is 4.